The number of hydrogen-bond acceptors (Lipinski definition) is 6. The molecule has 0 atom stereocenters. The van der Waals surface area contributed by atoms with Crippen LogP contribution in [0.25, 0.3) is 0 Å². The number of hydrogen-bond donors (Lipinski definition) is 1. The second kappa shape index (κ2) is 6.33. The zero-order valence-corrected chi connectivity index (χ0v) is 12.7. The molecule has 0 saturated heterocycles. The van der Waals surface area contributed by atoms with Gasteiger partial charge in [0.15, 0.2) is 5.75 Å². The van der Waals surface area contributed by atoms with Gasteiger partial charge in [-0.25, -0.2) is 8.42 Å². The number of rotatable bonds is 5. The van der Waals surface area contributed by atoms with Gasteiger partial charge >= 0.3 is 5.69 Å². The van der Waals surface area contributed by atoms with Crippen LogP contribution in [0.5, 0.6) is 5.75 Å². The fraction of sp³-hybridized carbons (Fsp3) is 0.0714. The summed E-state index contributed by atoms with van der Waals surface area (Å²) in [6, 6.07) is 11.0. The maximum atomic E-state index is 12.3. The number of nitro groups is 1. The summed E-state index contributed by atoms with van der Waals surface area (Å²) in [4.78, 5) is 9.98. The van der Waals surface area contributed by atoms with Crippen LogP contribution >= 0.6 is 0 Å². The summed E-state index contributed by atoms with van der Waals surface area (Å²) < 4.78 is 31.7. The maximum absolute atomic E-state index is 12.3. The SMILES string of the molecule is COc1ccc(S(=O)(=O)Nc2ccc(C#N)cc2)cc1[N+](=O)[O-]. The van der Waals surface area contributed by atoms with E-state index in [0.29, 0.717) is 5.56 Å². The highest BCUT2D eigenvalue weighted by atomic mass is 32.2. The highest BCUT2D eigenvalue weighted by molar-refractivity contribution is 7.92. The van der Waals surface area contributed by atoms with Crippen LogP contribution < -0.4 is 9.46 Å². The molecule has 0 heterocycles. The normalized spacial score (nSPS) is 10.6. The third-order valence-corrected chi connectivity index (χ3v) is 4.30. The molecule has 0 amide bonds. The lowest BCUT2D eigenvalue weighted by atomic mass is 10.2. The lowest BCUT2D eigenvalue weighted by Gasteiger charge is -2.09. The van der Waals surface area contributed by atoms with Crippen molar-refractivity contribution in [3.05, 3.63) is 58.1 Å². The van der Waals surface area contributed by atoms with Crippen molar-refractivity contribution in [2.45, 2.75) is 4.90 Å². The van der Waals surface area contributed by atoms with E-state index < -0.39 is 20.6 Å². The minimum atomic E-state index is -4.01. The molecule has 0 unspecified atom stereocenters. The fourth-order valence-electron chi connectivity index (χ4n) is 1.81. The van der Waals surface area contributed by atoms with E-state index in [1.807, 2.05) is 6.07 Å². The van der Waals surface area contributed by atoms with Crippen LogP contribution in [0.15, 0.2) is 47.4 Å². The molecule has 0 aliphatic rings. The number of methoxy groups -OCH3 is 1. The van der Waals surface area contributed by atoms with Gasteiger partial charge in [-0.2, -0.15) is 5.26 Å². The van der Waals surface area contributed by atoms with Crippen molar-refractivity contribution in [3.63, 3.8) is 0 Å². The van der Waals surface area contributed by atoms with Gasteiger partial charge < -0.3 is 4.74 Å². The van der Waals surface area contributed by atoms with Crippen LogP contribution in [0, 0.1) is 21.4 Å². The highest BCUT2D eigenvalue weighted by Gasteiger charge is 2.22. The number of ether oxygens (including phenoxy) is 1. The predicted octanol–water partition coefficient (Wildman–Crippen LogP) is 2.28. The van der Waals surface area contributed by atoms with Crippen LogP contribution in [0.4, 0.5) is 11.4 Å². The lowest BCUT2D eigenvalue weighted by molar-refractivity contribution is -0.386. The molecule has 1 N–H and O–H groups in total. The standard InChI is InChI=1S/C14H11N3O5S/c1-22-14-7-6-12(8-13(14)17(18)19)23(20,21)16-11-4-2-10(9-15)3-5-11/h2-8,16H,1H3. The Hall–Kier alpha value is -3.12. The number of sulfonamides is 1. The van der Waals surface area contributed by atoms with Gasteiger partial charge in [0.05, 0.1) is 28.6 Å². The first kappa shape index (κ1) is 16.3. The van der Waals surface area contributed by atoms with Gasteiger partial charge in [0.1, 0.15) is 0 Å². The molecule has 118 valence electrons. The number of anilines is 1. The summed E-state index contributed by atoms with van der Waals surface area (Å²) in [5.41, 5.74) is 0.172. The lowest BCUT2D eigenvalue weighted by Crippen LogP contribution is -2.13. The van der Waals surface area contributed by atoms with Crippen molar-refractivity contribution < 1.29 is 18.1 Å². The Labute approximate surface area is 132 Å². The average Bonchev–Trinajstić information content (AvgIpc) is 2.54. The fourth-order valence-corrected chi connectivity index (χ4v) is 2.88. The summed E-state index contributed by atoms with van der Waals surface area (Å²) in [7, 11) is -2.75. The number of nitrogens with zero attached hydrogens (tertiary/aromatic N) is 2. The predicted molar refractivity (Wildman–Crippen MR) is 81.6 cm³/mol. The zero-order valence-electron chi connectivity index (χ0n) is 11.9. The number of nitriles is 1. The number of benzene rings is 2. The van der Waals surface area contributed by atoms with Crippen molar-refractivity contribution >= 4 is 21.4 Å². The smallest absolute Gasteiger partial charge is 0.312 e. The van der Waals surface area contributed by atoms with Crippen molar-refractivity contribution in [1.29, 1.82) is 5.26 Å². The van der Waals surface area contributed by atoms with E-state index in [9.17, 15) is 18.5 Å². The highest BCUT2D eigenvalue weighted by Crippen LogP contribution is 2.30. The Morgan fingerprint density at radius 3 is 2.39 bits per heavy atom. The Kier molecular flexibility index (Phi) is 4.47. The molecule has 0 spiro atoms. The van der Waals surface area contributed by atoms with Crippen molar-refractivity contribution in [1.82, 2.24) is 0 Å². The molecule has 8 nitrogen and oxygen atoms in total. The van der Waals surface area contributed by atoms with Gasteiger partial charge in [-0.15, -0.1) is 0 Å². The first-order valence-electron chi connectivity index (χ1n) is 6.23. The van der Waals surface area contributed by atoms with E-state index in [4.69, 9.17) is 10.00 Å². The molecular weight excluding hydrogens is 322 g/mol. The van der Waals surface area contributed by atoms with Gasteiger partial charge in [0.25, 0.3) is 10.0 Å². The Morgan fingerprint density at radius 1 is 1.22 bits per heavy atom. The summed E-state index contributed by atoms with van der Waals surface area (Å²) in [5.74, 6) is -0.0349. The van der Waals surface area contributed by atoms with Gasteiger partial charge in [0, 0.05) is 11.8 Å². The Balaban J connectivity index is 2.37. The van der Waals surface area contributed by atoms with E-state index in [2.05, 4.69) is 4.72 Å². The van der Waals surface area contributed by atoms with Crippen molar-refractivity contribution in [2.75, 3.05) is 11.8 Å². The van der Waals surface area contributed by atoms with E-state index in [1.165, 1.54) is 43.5 Å². The maximum Gasteiger partial charge on any atom is 0.312 e. The summed E-state index contributed by atoms with van der Waals surface area (Å²) in [5, 5.41) is 19.7. The van der Waals surface area contributed by atoms with Crippen LogP contribution in [0.1, 0.15) is 5.56 Å². The van der Waals surface area contributed by atoms with E-state index >= 15 is 0 Å². The monoisotopic (exact) mass is 333 g/mol. The van der Waals surface area contributed by atoms with Crippen LogP contribution in [0.2, 0.25) is 0 Å². The molecule has 9 heteroatoms. The molecule has 0 fully saturated rings. The van der Waals surface area contributed by atoms with Crippen molar-refractivity contribution in [3.8, 4) is 11.8 Å². The second-order valence-corrected chi connectivity index (χ2v) is 6.07. The summed E-state index contributed by atoms with van der Waals surface area (Å²) in [6.45, 7) is 0. The van der Waals surface area contributed by atoms with E-state index in [-0.39, 0.29) is 16.3 Å². The molecule has 0 bridgehead atoms. The van der Waals surface area contributed by atoms with Gasteiger partial charge in [-0.05, 0) is 36.4 Å². The molecule has 2 aromatic carbocycles. The first-order valence-corrected chi connectivity index (χ1v) is 7.71. The van der Waals surface area contributed by atoms with Crippen LogP contribution in [-0.4, -0.2) is 20.5 Å². The quantitative estimate of drug-likeness (QED) is 0.661. The molecule has 2 aromatic rings. The molecule has 2 rings (SSSR count). The molecular formula is C14H11N3O5S. The largest absolute Gasteiger partial charge is 0.490 e. The van der Waals surface area contributed by atoms with Crippen LogP contribution in [0.3, 0.4) is 0 Å². The van der Waals surface area contributed by atoms with Gasteiger partial charge in [-0.3, -0.25) is 14.8 Å². The molecule has 0 radical (unpaired) electrons. The van der Waals surface area contributed by atoms with Gasteiger partial charge in [0.2, 0.25) is 0 Å². The van der Waals surface area contributed by atoms with E-state index in [1.54, 1.807) is 0 Å². The second-order valence-electron chi connectivity index (χ2n) is 4.39. The van der Waals surface area contributed by atoms with Crippen molar-refractivity contribution in [2.24, 2.45) is 0 Å². The number of nitro benzene ring substituents is 1. The third-order valence-electron chi connectivity index (χ3n) is 2.92. The zero-order chi connectivity index (χ0) is 17.0. The third kappa shape index (κ3) is 3.56. The molecule has 0 aromatic heterocycles. The van der Waals surface area contributed by atoms with Crippen LogP contribution in [-0.2, 0) is 10.0 Å². The first-order chi connectivity index (χ1) is 10.9. The Bertz CT molecular complexity index is 886. The average molecular weight is 333 g/mol. The summed E-state index contributed by atoms with van der Waals surface area (Å²) in [6.07, 6.45) is 0. The minimum absolute atomic E-state index is 0.0349. The molecule has 0 aliphatic heterocycles. The van der Waals surface area contributed by atoms with E-state index in [0.717, 1.165) is 6.07 Å². The molecule has 0 aliphatic carbocycles. The Morgan fingerprint density at radius 2 is 1.87 bits per heavy atom. The molecule has 23 heavy (non-hydrogen) atoms. The minimum Gasteiger partial charge on any atom is -0.490 e. The topological polar surface area (TPSA) is 122 Å². The van der Waals surface area contributed by atoms with Gasteiger partial charge in [-0.1, -0.05) is 0 Å². The summed E-state index contributed by atoms with van der Waals surface area (Å²) >= 11 is 0. The molecule has 0 saturated carbocycles. The number of nitrogens with one attached hydrogen (secondary N) is 1.